The molecule has 3 aromatic carbocycles. The normalized spacial score (nSPS) is 11.7. The number of thiocarbonyl (C=S) groups is 1. The predicted molar refractivity (Wildman–Crippen MR) is 140 cm³/mol. The molecular weight excluding hydrogens is 464 g/mol. The van der Waals surface area contributed by atoms with Crippen molar-refractivity contribution in [1.29, 1.82) is 0 Å². The van der Waals surface area contributed by atoms with Crippen molar-refractivity contribution in [2.75, 3.05) is 5.32 Å². The molecule has 0 aliphatic rings. The second kappa shape index (κ2) is 10.0. The molecule has 1 amide bonds. The summed E-state index contributed by atoms with van der Waals surface area (Å²) >= 11 is 5.29. The Morgan fingerprint density at radius 2 is 1.94 bits per heavy atom. The van der Waals surface area contributed by atoms with Crippen molar-refractivity contribution in [3.05, 3.63) is 87.5 Å². The van der Waals surface area contributed by atoms with Crippen molar-refractivity contribution in [3.8, 4) is 11.5 Å². The molecule has 1 heterocycles. The van der Waals surface area contributed by atoms with Gasteiger partial charge in [0.1, 0.15) is 5.52 Å². The van der Waals surface area contributed by atoms with Crippen LogP contribution in [0.5, 0.6) is 0 Å². The molecule has 0 aliphatic carbocycles. The van der Waals surface area contributed by atoms with Gasteiger partial charge in [-0.3, -0.25) is 20.2 Å². The number of hydrogen-bond donors (Lipinski definition) is 2. The smallest absolute Gasteiger partial charge is 0.273 e. The first-order valence-electron chi connectivity index (χ1n) is 11.1. The molecule has 8 nitrogen and oxygen atoms in total. The van der Waals surface area contributed by atoms with E-state index < -0.39 is 10.8 Å². The Morgan fingerprint density at radius 1 is 1.17 bits per heavy atom. The van der Waals surface area contributed by atoms with Crippen molar-refractivity contribution in [1.82, 2.24) is 10.3 Å². The Bertz CT molecular complexity index is 1450. The van der Waals surface area contributed by atoms with Gasteiger partial charge in [-0.25, -0.2) is 4.98 Å². The first kappa shape index (κ1) is 24.0. The number of carbonyl (C=O) groups is 1. The third kappa shape index (κ3) is 5.20. The van der Waals surface area contributed by atoms with Crippen LogP contribution >= 0.6 is 12.2 Å². The number of nitro groups is 1. The van der Waals surface area contributed by atoms with Gasteiger partial charge in [0.05, 0.1) is 4.92 Å². The average molecular weight is 489 g/mol. The van der Waals surface area contributed by atoms with Crippen molar-refractivity contribution >= 4 is 45.7 Å². The zero-order chi connectivity index (χ0) is 25.1. The molecule has 4 aromatic rings. The van der Waals surface area contributed by atoms with Gasteiger partial charge in [-0.05, 0) is 73.4 Å². The summed E-state index contributed by atoms with van der Waals surface area (Å²) in [6, 6.07) is 17.7. The van der Waals surface area contributed by atoms with Crippen LogP contribution < -0.4 is 10.6 Å². The lowest BCUT2D eigenvalue weighted by molar-refractivity contribution is -0.385. The number of aromatic nitrogens is 1. The van der Waals surface area contributed by atoms with E-state index in [4.69, 9.17) is 16.6 Å². The molecule has 2 N–H and O–H groups in total. The number of fused-ring (bicyclic) bond motifs is 1. The van der Waals surface area contributed by atoms with Gasteiger partial charge in [-0.2, -0.15) is 0 Å². The van der Waals surface area contributed by atoms with Gasteiger partial charge < -0.3 is 9.73 Å². The number of oxazole rings is 1. The Labute approximate surface area is 207 Å². The van der Waals surface area contributed by atoms with E-state index in [2.05, 4.69) is 41.6 Å². The van der Waals surface area contributed by atoms with Crippen LogP contribution in [0.3, 0.4) is 0 Å². The van der Waals surface area contributed by atoms with Gasteiger partial charge in [-0.15, -0.1) is 0 Å². The quantitative estimate of drug-likeness (QED) is 0.185. The maximum Gasteiger partial charge on any atom is 0.273 e. The van der Waals surface area contributed by atoms with Crippen LogP contribution in [0, 0.1) is 17.0 Å². The molecular formula is C26H24N4O4S. The van der Waals surface area contributed by atoms with E-state index in [9.17, 15) is 14.9 Å². The first-order chi connectivity index (χ1) is 16.8. The maximum absolute atomic E-state index is 12.6. The van der Waals surface area contributed by atoms with Gasteiger partial charge >= 0.3 is 0 Å². The van der Waals surface area contributed by atoms with Crippen LogP contribution in [0.2, 0.25) is 0 Å². The number of amides is 1. The van der Waals surface area contributed by atoms with Crippen molar-refractivity contribution in [3.63, 3.8) is 0 Å². The molecule has 0 bridgehead atoms. The number of rotatable bonds is 6. The average Bonchev–Trinajstić information content (AvgIpc) is 3.27. The SMILES string of the molecule is CC[C@H](C)c1ccc2oc(-c3cccc(NC(=S)NC(=O)c4cccc([N+](=O)[O-])c4C)c3)nc2c1. The molecule has 0 radical (unpaired) electrons. The van der Waals surface area contributed by atoms with Crippen LogP contribution in [-0.2, 0) is 0 Å². The van der Waals surface area contributed by atoms with Crippen LogP contribution in [-0.4, -0.2) is 20.9 Å². The van der Waals surface area contributed by atoms with E-state index in [1.807, 2.05) is 24.3 Å². The molecule has 0 fully saturated rings. The molecule has 0 spiro atoms. The lowest BCUT2D eigenvalue weighted by atomic mass is 9.98. The third-order valence-corrected chi connectivity index (χ3v) is 6.14. The minimum absolute atomic E-state index is 0.0637. The fraction of sp³-hybridized carbons (Fsp3) is 0.192. The van der Waals surface area contributed by atoms with Gasteiger partial charge in [0.2, 0.25) is 5.89 Å². The minimum Gasteiger partial charge on any atom is -0.436 e. The van der Waals surface area contributed by atoms with Crippen LogP contribution in [0.1, 0.15) is 47.7 Å². The van der Waals surface area contributed by atoms with E-state index in [1.54, 1.807) is 6.07 Å². The third-order valence-electron chi connectivity index (χ3n) is 5.93. The Hall–Kier alpha value is -4.11. The van der Waals surface area contributed by atoms with E-state index in [1.165, 1.54) is 30.7 Å². The summed E-state index contributed by atoms with van der Waals surface area (Å²) in [5.74, 6) is 0.386. The zero-order valence-corrected chi connectivity index (χ0v) is 20.3. The van der Waals surface area contributed by atoms with E-state index in [0.717, 1.165) is 17.5 Å². The second-order valence-electron chi connectivity index (χ2n) is 8.25. The highest BCUT2D eigenvalue weighted by Gasteiger charge is 2.19. The topological polar surface area (TPSA) is 110 Å². The fourth-order valence-electron chi connectivity index (χ4n) is 3.74. The minimum atomic E-state index is -0.532. The van der Waals surface area contributed by atoms with Crippen LogP contribution in [0.4, 0.5) is 11.4 Å². The summed E-state index contributed by atoms with van der Waals surface area (Å²) < 4.78 is 5.95. The van der Waals surface area contributed by atoms with Crippen LogP contribution in [0.25, 0.3) is 22.6 Å². The molecule has 4 rings (SSSR count). The van der Waals surface area contributed by atoms with Crippen molar-refractivity contribution in [2.45, 2.75) is 33.1 Å². The van der Waals surface area contributed by atoms with Crippen molar-refractivity contribution in [2.24, 2.45) is 0 Å². The molecule has 9 heteroatoms. The van der Waals surface area contributed by atoms with Gasteiger partial charge in [-0.1, -0.05) is 32.0 Å². The summed E-state index contributed by atoms with van der Waals surface area (Å²) in [6.45, 7) is 5.86. The molecule has 0 saturated heterocycles. The van der Waals surface area contributed by atoms with E-state index >= 15 is 0 Å². The first-order valence-corrected chi connectivity index (χ1v) is 11.5. The lowest BCUT2D eigenvalue weighted by Gasteiger charge is -2.11. The highest BCUT2D eigenvalue weighted by atomic mass is 32.1. The van der Waals surface area contributed by atoms with Gasteiger partial charge in [0, 0.05) is 28.4 Å². The largest absolute Gasteiger partial charge is 0.436 e. The van der Waals surface area contributed by atoms with Crippen LogP contribution in [0.15, 0.2) is 65.1 Å². The highest BCUT2D eigenvalue weighted by Crippen LogP contribution is 2.29. The molecule has 35 heavy (non-hydrogen) atoms. The second-order valence-corrected chi connectivity index (χ2v) is 8.66. The summed E-state index contributed by atoms with van der Waals surface area (Å²) in [6.07, 6.45) is 1.04. The Kier molecular flexibility index (Phi) is 6.88. The summed E-state index contributed by atoms with van der Waals surface area (Å²) in [5.41, 5.74) is 4.43. The molecule has 178 valence electrons. The molecule has 0 aliphatic heterocycles. The fourth-order valence-corrected chi connectivity index (χ4v) is 3.95. The van der Waals surface area contributed by atoms with Gasteiger partial charge in [0.25, 0.3) is 11.6 Å². The Morgan fingerprint density at radius 3 is 2.69 bits per heavy atom. The summed E-state index contributed by atoms with van der Waals surface area (Å²) in [4.78, 5) is 27.9. The number of benzene rings is 3. The molecule has 1 atom stereocenters. The standard InChI is InChI=1S/C26H24N4O4S/c1-4-15(2)17-11-12-23-21(14-17)28-25(34-23)18-7-5-8-19(13-18)27-26(35)29-24(31)20-9-6-10-22(16(20)3)30(32)33/h5-15H,4H2,1-3H3,(H2,27,29,31,35)/t15-/m0/s1. The monoisotopic (exact) mass is 488 g/mol. The summed E-state index contributed by atoms with van der Waals surface area (Å²) in [7, 11) is 0. The number of hydrogen-bond acceptors (Lipinski definition) is 6. The number of nitrogens with one attached hydrogen (secondary N) is 2. The van der Waals surface area contributed by atoms with Gasteiger partial charge in [0.15, 0.2) is 10.7 Å². The highest BCUT2D eigenvalue weighted by molar-refractivity contribution is 7.80. The Balaban J connectivity index is 1.50. The molecule has 1 aromatic heterocycles. The molecule has 0 unspecified atom stereocenters. The number of carbonyl (C=O) groups excluding carboxylic acids is 1. The predicted octanol–water partition coefficient (Wildman–Crippen LogP) is 6.35. The summed E-state index contributed by atoms with van der Waals surface area (Å²) in [5, 5.41) is 16.8. The molecule has 0 saturated carbocycles. The number of nitro benzene ring substituents is 1. The van der Waals surface area contributed by atoms with E-state index in [0.29, 0.717) is 23.1 Å². The van der Waals surface area contributed by atoms with E-state index in [-0.39, 0.29) is 21.9 Å². The number of anilines is 1. The lowest BCUT2D eigenvalue weighted by Crippen LogP contribution is -2.34. The number of nitrogens with zero attached hydrogens (tertiary/aromatic N) is 2. The zero-order valence-electron chi connectivity index (χ0n) is 19.5. The maximum atomic E-state index is 12.6. The van der Waals surface area contributed by atoms with Crippen molar-refractivity contribution < 1.29 is 14.1 Å².